The van der Waals surface area contributed by atoms with E-state index in [9.17, 15) is 4.79 Å². The number of anilines is 1. The molecule has 1 amide bonds. The molecule has 3 rings (SSSR count). The number of ether oxygens (including phenoxy) is 2. The number of amides is 1. The van der Waals surface area contributed by atoms with E-state index in [0.717, 1.165) is 30.7 Å². The second-order valence-electron chi connectivity index (χ2n) is 6.24. The highest BCUT2D eigenvalue weighted by atomic mass is 16.5. The molecule has 25 heavy (non-hydrogen) atoms. The lowest BCUT2D eigenvalue weighted by molar-refractivity contribution is 0.0932. The lowest BCUT2D eigenvalue weighted by atomic mass is 9.87. The monoisotopic (exact) mass is 340 g/mol. The minimum absolute atomic E-state index is 0.0366. The summed E-state index contributed by atoms with van der Waals surface area (Å²) in [6, 6.07) is 13.2. The summed E-state index contributed by atoms with van der Waals surface area (Å²) in [5, 5.41) is 3.14. The van der Waals surface area contributed by atoms with E-state index in [0.29, 0.717) is 18.8 Å². The van der Waals surface area contributed by atoms with Crippen molar-refractivity contribution in [3.05, 3.63) is 59.2 Å². The Kier molecular flexibility index (Phi) is 5.56. The number of benzene rings is 2. The first-order valence-corrected chi connectivity index (χ1v) is 8.58. The summed E-state index contributed by atoms with van der Waals surface area (Å²) in [5.74, 6) is 0.658. The summed E-state index contributed by atoms with van der Waals surface area (Å²) >= 11 is 0. The minimum Gasteiger partial charge on any atom is -0.491 e. The molecule has 5 heteroatoms. The van der Waals surface area contributed by atoms with Crippen molar-refractivity contribution in [3.63, 3.8) is 0 Å². The van der Waals surface area contributed by atoms with Crippen molar-refractivity contribution in [2.75, 3.05) is 26.1 Å². The van der Waals surface area contributed by atoms with Gasteiger partial charge in [0.2, 0.25) is 0 Å². The van der Waals surface area contributed by atoms with Gasteiger partial charge in [0, 0.05) is 18.4 Å². The van der Waals surface area contributed by atoms with Gasteiger partial charge in [0.1, 0.15) is 12.4 Å². The Labute approximate surface area is 148 Å². The maximum atomic E-state index is 12.6. The fourth-order valence-electron chi connectivity index (χ4n) is 3.17. The standard InChI is InChI=1S/C20H24N2O3/c1-24-11-12-25-17-8-5-14(6-9-17)20(23)22-19-4-2-3-15-13-16(21)7-10-18(15)19/h5-10,13,19H,2-4,11-12,21H2,1H3,(H,22,23). The van der Waals surface area contributed by atoms with Gasteiger partial charge < -0.3 is 20.5 Å². The van der Waals surface area contributed by atoms with Crippen LogP contribution in [0.3, 0.4) is 0 Å². The van der Waals surface area contributed by atoms with Gasteiger partial charge in [0.15, 0.2) is 0 Å². The van der Waals surface area contributed by atoms with Gasteiger partial charge in [-0.05, 0) is 66.8 Å². The van der Waals surface area contributed by atoms with E-state index in [1.165, 1.54) is 11.1 Å². The van der Waals surface area contributed by atoms with Crippen molar-refractivity contribution in [1.82, 2.24) is 5.32 Å². The second kappa shape index (κ2) is 8.03. The van der Waals surface area contributed by atoms with Crippen LogP contribution in [0.1, 0.15) is 40.4 Å². The van der Waals surface area contributed by atoms with Gasteiger partial charge in [-0.25, -0.2) is 0 Å². The van der Waals surface area contributed by atoms with E-state index in [2.05, 4.69) is 5.32 Å². The number of fused-ring (bicyclic) bond motifs is 1. The highest BCUT2D eigenvalue weighted by Gasteiger charge is 2.22. The highest BCUT2D eigenvalue weighted by molar-refractivity contribution is 5.94. The van der Waals surface area contributed by atoms with Crippen LogP contribution in [-0.4, -0.2) is 26.2 Å². The molecule has 0 saturated carbocycles. The van der Waals surface area contributed by atoms with Crippen molar-refractivity contribution in [2.45, 2.75) is 25.3 Å². The molecule has 1 aliphatic rings. The molecular formula is C20H24N2O3. The van der Waals surface area contributed by atoms with Crippen LogP contribution in [-0.2, 0) is 11.2 Å². The quantitative estimate of drug-likeness (QED) is 0.626. The zero-order valence-electron chi connectivity index (χ0n) is 14.5. The fraction of sp³-hybridized carbons (Fsp3) is 0.350. The molecule has 2 aromatic rings. The van der Waals surface area contributed by atoms with Crippen molar-refractivity contribution < 1.29 is 14.3 Å². The normalized spacial score (nSPS) is 16.1. The summed E-state index contributed by atoms with van der Waals surface area (Å²) in [6.45, 7) is 1.03. The van der Waals surface area contributed by atoms with E-state index in [4.69, 9.17) is 15.2 Å². The molecule has 0 spiro atoms. The smallest absolute Gasteiger partial charge is 0.251 e. The SMILES string of the molecule is COCCOc1ccc(C(=O)NC2CCCc3cc(N)ccc32)cc1. The molecule has 0 aliphatic heterocycles. The molecule has 1 unspecified atom stereocenters. The van der Waals surface area contributed by atoms with Gasteiger partial charge in [-0.2, -0.15) is 0 Å². The Morgan fingerprint density at radius 3 is 2.76 bits per heavy atom. The third-order valence-corrected chi connectivity index (χ3v) is 4.46. The molecule has 2 aromatic carbocycles. The average molecular weight is 340 g/mol. The minimum atomic E-state index is -0.0712. The number of nitrogens with one attached hydrogen (secondary N) is 1. The third-order valence-electron chi connectivity index (χ3n) is 4.46. The zero-order valence-corrected chi connectivity index (χ0v) is 14.5. The molecule has 3 N–H and O–H groups in total. The highest BCUT2D eigenvalue weighted by Crippen LogP contribution is 2.31. The summed E-state index contributed by atoms with van der Waals surface area (Å²) in [5.41, 5.74) is 9.68. The van der Waals surface area contributed by atoms with Crippen LogP contribution in [0.5, 0.6) is 5.75 Å². The van der Waals surface area contributed by atoms with Crippen LogP contribution in [0.25, 0.3) is 0 Å². The van der Waals surface area contributed by atoms with Crippen LogP contribution < -0.4 is 15.8 Å². The number of hydrogen-bond donors (Lipinski definition) is 2. The van der Waals surface area contributed by atoms with Gasteiger partial charge in [-0.15, -0.1) is 0 Å². The Bertz CT molecular complexity index is 728. The molecule has 1 aliphatic carbocycles. The summed E-state index contributed by atoms with van der Waals surface area (Å²) in [4.78, 5) is 12.6. The average Bonchev–Trinajstić information content (AvgIpc) is 2.62. The first kappa shape index (κ1) is 17.3. The molecule has 0 saturated heterocycles. The van der Waals surface area contributed by atoms with E-state index >= 15 is 0 Å². The number of hydrogen-bond acceptors (Lipinski definition) is 4. The Morgan fingerprint density at radius 1 is 1.20 bits per heavy atom. The van der Waals surface area contributed by atoms with E-state index in [-0.39, 0.29) is 11.9 Å². The predicted octanol–water partition coefficient (Wildman–Crippen LogP) is 3.10. The molecular weight excluding hydrogens is 316 g/mol. The van der Waals surface area contributed by atoms with Gasteiger partial charge in [0.25, 0.3) is 5.91 Å². The molecule has 0 heterocycles. The predicted molar refractivity (Wildman–Crippen MR) is 97.8 cm³/mol. The number of carbonyl (C=O) groups excluding carboxylic acids is 1. The van der Waals surface area contributed by atoms with E-state index < -0.39 is 0 Å². The topological polar surface area (TPSA) is 73.6 Å². The first-order valence-electron chi connectivity index (χ1n) is 8.58. The lowest BCUT2D eigenvalue weighted by Crippen LogP contribution is -2.31. The van der Waals surface area contributed by atoms with Crippen molar-refractivity contribution >= 4 is 11.6 Å². The largest absolute Gasteiger partial charge is 0.491 e. The van der Waals surface area contributed by atoms with Crippen molar-refractivity contribution in [2.24, 2.45) is 0 Å². The first-order chi connectivity index (χ1) is 12.2. The summed E-state index contributed by atoms with van der Waals surface area (Å²) in [6.07, 6.45) is 3.01. The zero-order chi connectivity index (χ0) is 17.6. The second-order valence-corrected chi connectivity index (χ2v) is 6.24. The number of nitrogens with two attached hydrogens (primary N) is 1. The third kappa shape index (κ3) is 4.31. The van der Waals surface area contributed by atoms with Crippen LogP contribution in [0, 0.1) is 0 Å². The molecule has 0 radical (unpaired) electrons. The number of carbonyl (C=O) groups is 1. The van der Waals surface area contributed by atoms with Crippen molar-refractivity contribution in [1.29, 1.82) is 0 Å². The number of aryl methyl sites for hydroxylation is 1. The Morgan fingerprint density at radius 2 is 2.00 bits per heavy atom. The van der Waals surface area contributed by atoms with Crippen LogP contribution >= 0.6 is 0 Å². The number of nitrogen functional groups attached to an aromatic ring is 1. The molecule has 132 valence electrons. The van der Waals surface area contributed by atoms with Gasteiger partial charge in [-0.1, -0.05) is 6.07 Å². The Balaban J connectivity index is 1.65. The van der Waals surface area contributed by atoms with Gasteiger partial charge >= 0.3 is 0 Å². The van der Waals surface area contributed by atoms with Crippen LogP contribution in [0.4, 0.5) is 5.69 Å². The molecule has 0 bridgehead atoms. The van der Waals surface area contributed by atoms with Crippen molar-refractivity contribution in [3.8, 4) is 5.75 Å². The van der Waals surface area contributed by atoms with Gasteiger partial charge in [-0.3, -0.25) is 4.79 Å². The number of rotatable bonds is 6. The number of methoxy groups -OCH3 is 1. The molecule has 5 nitrogen and oxygen atoms in total. The summed E-state index contributed by atoms with van der Waals surface area (Å²) < 4.78 is 10.5. The molecule has 1 atom stereocenters. The molecule has 0 aromatic heterocycles. The maximum absolute atomic E-state index is 12.6. The lowest BCUT2D eigenvalue weighted by Gasteiger charge is -2.26. The molecule has 0 fully saturated rings. The fourth-order valence-corrected chi connectivity index (χ4v) is 3.17. The Hall–Kier alpha value is -2.53. The van der Waals surface area contributed by atoms with Crippen LogP contribution in [0.15, 0.2) is 42.5 Å². The van der Waals surface area contributed by atoms with E-state index in [1.54, 1.807) is 31.4 Å². The summed E-state index contributed by atoms with van der Waals surface area (Å²) in [7, 11) is 1.63. The van der Waals surface area contributed by atoms with Gasteiger partial charge in [0.05, 0.1) is 12.6 Å². The maximum Gasteiger partial charge on any atom is 0.251 e. The van der Waals surface area contributed by atoms with Crippen LogP contribution in [0.2, 0.25) is 0 Å². The van der Waals surface area contributed by atoms with E-state index in [1.807, 2.05) is 18.2 Å².